The lowest BCUT2D eigenvalue weighted by Crippen LogP contribution is -2.56. The third-order valence-electron chi connectivity index (χ3n) is 11.2. The van der Waals surface area contributed by atoms with Crippen LogP contribution in [0.1, 0.15) is 93.4 Å². The number of esters is 1. The van der Waals surface area contributed by atoms with Crippen molar-refractivity contribution in [2.24, 2.45) is 0 Å². The average Bonchev–Trinajstić information content (AvgIpc) is 3.55. The predicted molar refractivity (Wildman–Crippen MR) is 228 cm³/mol. The molecule has 4 N–H and O–H groups in total. The van der Waals surface area contributed by atoms with Gasteiger partial charge >= 0.3 is 5.97 Å². The van der Waals surface area contributed by atoms with Gasteiger partial charge in [0.05, 0.1) is 12.6 Å². The van der Waals surface area contributed by atoms with Crippen LogP contribution >= 0.6 is 0 Å². The van der Waals surface area contributed by atoms with Crippen LogP contribution in [0.25, 0.3) is 0 Å². The van der Waals surface area contributed by atoms with Gasteiger partial charge in [0, 0.05) is 86.9 Å². The number of aromatic nitrogens is 2. The molecule has 1 saturated heterocycles. The van der Waals surface area contributed by atoms with Crippen molar-refractivity contribution in [2.75, 3.05) is 43.1 Å². The van der Waals surface area contributed by atoms with Crippen LogP contribution in [0.2, 0.25) is 0 Å². The highest BCUT2D eigenvalue weighted by Gasteiger charge is 2.38. The maximum Gasteiger partial charge on any atom is 0.302 e. The second-order valence-electron chi connectivity index (χ2n) is 15.7. The van der Waals surface area contributed by atoms with Gasteiger partial charge in [0.25, 0.3) is 23.6 Å². The van der Waals surface area contributed by atoms with Gasteiger partial charge in [0.1, 0.15) is 59.4 Å². The minimum absolute atomic E-state index is 0.0444. The molecule has 24 heteroatoms. The maximum absolute atomic E-state index is 13.8. The fourth-order valence-electron chi connectivity index (χ4n) is 7.63. The number of halogens is 6. The van der Waals surface area contributed by atoms with Gasteiger partial charge in [-0.15, -0.1) is 0 Å². The highest BCUT2D eigenvalue weighted by atomic mass is 19.2. The number of rotatable bonds is 7. The van der Waals surface area contributed by atoms with E-state index in [1.165, 1.54) is 26.1 Å². The third-order valence-corrected chi connectivity index (χ3v) is 11.2. The Kier molecular flexibility index (Phi) is 14.9. The number of nitrogens with zero attached hydrogens (tertiary/aromatic N) is 6. The molecule has 0 unspecified atom stereocenters. The fourth-order valence-corrected chi connectivity index (χ4v) is 7.63. The topological polar surface area (TPSA) is 216 Å². The van der Waals surface area contributed by atoms with E-state index in [1.54, 1.807) is 23.0 Å². The molecule has 68 heavy (non-hydrogen) atoms. The molecule has 0 saturated carbocycles. The number of hydrogen-bond donors (Lipinski definition) is 4. The van der Waals surface area contributed by atoms with E-state index in [2.05, 4.69) is 15.4 Å². The number of carbonyl (C=O) groups is 5. The summed E-state index contributed by atoms with van der Waals surface area (Å²) in [6, 6.07) is 1.62. The largest absolute Gasteiger partial charge is 0.502 e. The quantitative estimate of drug-likeness (QED) is 0.119. The van der Waals surface area contributed by atoms with Gasteiger partial charge in [0.15, 0.2) is 22.9 Å². The molecular formula is C44H44F6N8O10. The van der Waals surface area contributed by atoms with Crippen molar-refractivity contribution >= 4 is 29.6 Å². The molecule has 2 atom stereocenters. The van der Waals surface area contributed by atoms with Crippen LogP contribution in [0, 0.1) is 34.9 Å². The highest BCUT2D eigenvalue weighted by Crippen LogP contribution is 2.27. The van der Waals surface area contributed by atoms with E-state index in [4.69, 9.17) is 0 Å². The first-order valence-electron chi connectivity index (χ1n) is 20.9. The van der Waals surface area contributed by atoms with Crippen molar-refractivity contribution in [3.8, 4) is 11.5 Å². The summed E-state index contributed by atoms with van der Waals surface area (Å²) in [7, 11) is 0. The second kappa shape index (κ2) is 20.4. The summed E-state index contributed by atoms with van der Waals surface area (Å²) in [6.07, 6.45) is 7.35. The molecule has 4 aliphatic heterocycles. The summed E-state index contributed by atoms with van der Waals surface area (Å²) < 4.78 is 88.3. The molecule has 1 fully saturated rings. The zero-order valence-corrected chi connectivity index (χ0v) is 36.7. The normalized spacial score (nSPS) is 16.8. The third kappa shape index (κ3) is 10.1. The Labute approximate surface area is 382 Å². The number of benzene rings is 2. The van der Waals surface area contributed by atoms with Crippen molar-refractivity contribution in [1.82, 2.24) is 29.8 Å². The first kappa shape index (κ1) is 49.6. The molecule has 6 heterocycles. The lowest BCUT2D eigenvalue weighted by Gasteiger charge is -2.40. The van der Waals surface area contributed by atoms with E-state index >= 15 is 0 Å². The summed E-state index contributed by atoms with van der Waals surface area (Å²) in [5, 5.41) is 28.6. The zero-order valence-electron chi connectivity index (χ0n) is 36.7. The number of nitrogens with one attached hydrogen (secondary N) is 2. The van der Waals surface area contributed by atoms with E-state index in [9.17, 15) is 70.1 Å². The van der Waals surface area contributed by atoms with Crippen LogP contribution < -0.4 is 31.5 Å². The van der Waals surface area contributed by atoms with Crippen molar-refractivity contribution in [3.05, 3.63) is 138 Å². The summed E-state index contributed by atoms with van der Waals surface area (Å²) in [5.74, 6) is -12.1. The molecule has 8 rings (SSSR count). The summed E-state index contributed by atoms with van der Waals surface area (Å²) in [5.41, 5.74) is -4.88. The lowest BCUT2D eigenvalue weighted by atomic mass is 10.1. The van der Waals surface area contributed by atoms with Crippen LogP contribution in [0.5, 0.6) is 11.5 Å². The van der Waals surface area contributed by atoms with Gasteiger partial charge in [-0.05, 0) is 33.6 Å². The number of hydrogen-bond acceptors (Lipinski definition) is 12. The SMILES string of the molecule is CCOC(C)=O.C[C@@H]1C=CCN2CN1n1cc(C(=O)NCc3c(F)cc(F)cc3F)c(=O)c(O)c1C2=O.C[C@@H]1CCCN2CN1n1cc(C(=O)NCc3c(F)cc(F)cc3F)c(=O)c(O)c1C2=O. The Balaban J connectivity index is 0.000000200. The standard InChI is InChI=1S/C20H19F3N4O4.C20H17F3N4O4.C4H8O2/c2*1-10-3-2-4-25-9-27(10)26-8-13(17(28)18(29)16(26)20(25)31)19(30)24-7-12-14(22)5-11(21)6-15(12)23;1-3-6-4(2)5/h5-6,8,10,29H,2-4,7,9H2,1H3,(H,24,30);2-3,5-6,8,10,29H,4,7,9H2,1H3,(H,24,30);3H2,1-2H3/t2*10-;/m11./s1. The van der Waals surface area contributed by atoms with Crippen LogP contribution in [-0.2, 0) is 22.6 Å². The molecule has 4 bridgehead atoms. The predicted octanol–water partition coefficient (Wildman–Crippen LogP) is 3.22. The number of carbonyl (C=O) groups excluding carboxylic acids is 5. The van der Waals surface area contributed by atoms with Gasteiger partial charge in [-0.3, -0.25) is 52.9 Å². The minimum Gasteiger partial charge on any atom is -0.502 e. The monoisotopic (exact) mass is 958 g/mol. The van der Waals surface area contributed by atoms with Crippen LogP contribution in [0.15, 0.2) is 58.4 Å². The molecule has 4 aliphatic rings. The molecule has 0 aliphatic carbocycles. The zero-order chi connectivity index (χ0) is 49.9. The lowest BCUT2D eigenvalue weighted by molar-refractivity contribution is -0.140. The number of pyridine rings is 2. The van der Waals surface area contributed by atoms with Crippen molar-refractivity contribution in [2.45, 2.75) is 65.7 Å². The van der Waals surface area contributed by atoms with Crippen molar-refractivity contribution in [1.29, 1.82) is 0 Å². The Morgan fingerprint density at radius 3 is 1.59 bits per heavy atom. The molecule has 362 valence electrons. The van der Waals surface area contributed by atoms with E-state index in [1.807, 2.05) is 19.9 Å². The van der Waals surface area contributed by atoms with Gasteiger partial charge < -0.3 is 35.4 Å². The van der Waals surface area contributed by atoms with Gasteiger partial charge in [-0.25, -0.2) is 26.3 Å². The highest BCUT2D eigenvalue weighted by molar-refractivity contribution is 6.00. The van der Waals surface area contributed by atoms with E-state index in [0.29, 0.717) is 44.0 Å². The number of ether oxygens (including phenoxy) is 1. The van der Waals surface area contributed by atoms with E-state index < -0.39 is 116 Å². The summed E-state index contributed by atoms with van der Waals surface area (Å²) >= 11 is 0. The summed E-state index contributed by atoms with van der Waals surface area (Å²) in [6.45, 7) is 7.25. The summed E-state index contributed by atoms with van der Waals surface area (Å²) in [4.78, 5) is 88.5. The number of aromatic hydroxyl groups is 2. The van der Waals surface area contributed by atoms with Crippen LogP contribution in [0.3, 0.4) is 0 Å². The maximum atomic E-state index is 13.8. The molecular weight excluding hydrogens is 915 g/mol. The van der Waals surface area contributed by atoms with Crippen LogP contribution in [-0.4, -0.2) is 104 Å². The average molecular weight is 959 g/mol. The molecule has 0 radical (unpaired) electrons. The van der Waals surface area contributed by atoms with Crippen molar-refractivity contribution < 1.29 is 65.3 Å². The second-order valence-corrected chi connectivity index (χ2v) is 15.7. The van der Waals surface area contributed by atoms with E-state index in [0.717, 1.165) is 25.2 Å². The molecule has 4 aromatic rings. The Bertz CT molecular complexity index is 2790. The van der Waals surface area contributed by atoms with Crippen LogP contribution in [0.4, 0.5) is 26.3 Å². The smallest absolute Gasteiger partial charge is 0.302 e. The first-order chi connectivity index (χ1) is 32.1. The molecule has 2 aromatic heterocycles. The molecule has 4 amide bonds. The number of fused-ring (bicyclic) bond motifs is 8. The van der Waals surface area contributed by atoms with Gasteiger partial charge in [-0.2, -0.15) is 0 Å². The van der Waals surface area contributed by atoms with Gasteiger partial charge in [0.2, 0.25) is 10.9 Å². The number of amides is 4. The van der Waals surface area contributed by atoms with Crippen molar-refractivity contribution in [3.63, 3.8) is 0 Å². The van der Waals surface area contributed by atoms with Gasteiger partial charge in [-0.1, -0.05) is 12.2 Å². The fraction of sp³-hybridized carbons (Fsp3) is 0.341. The first-order valence-corrected chi connectivity index (χ1v) is 20.9. The Morgan fingerprint density at radius 2 is 1.15 bits per heavy atom. The Morgan fingerprint density at radius 1 is 0.706 bits per heavy atom. The molecule has 2 aromatic carbocycles. The molecule has 0 spiro atoms. The van der Waals surface area contributed by atoms with E-state index in [-0.39, 0.29) is 42.8 Å². The molecule has 18 nitrogen and oxygen atoms in total. The minimum atomic E-state index is -1.20. The Hall–Kier alpha value is -7.79.